The molecular formula is C25H23FN4OS. The zero-order valence-electron chi connectivity index (χ0n) is 17.9. The van der Waals surface area contributed by atoms with Gasteiger partial charge in [-0.2, -0.15) is 0 Å². The van der Waals surface area contributed by atoms with Crippen molar-refractivity contribution in [3.63, 3.8) is 0 Å². The van der Waals surface area contributed by atoms with E-state index in [9.17, 15) is 9.18 Å². The van der Waals surface area contributed by atoms with Crippen molar-refractivity contribution in [1.82, 2.24) is 20.1 Å². The van der Waals surface area contributed by atoms with Crippen molar-refractivity contribution in [3.8, 4) is 5.69 Å². The van der Waals surface area contributed by atoms with Gasteiger partial charge in [-0.05, 0) is 60.9 Å². The summed E-state index contributed by atoms with van der Waals surface area (Å²) in [5.41, 5.74) is 4.75. The number of carbonyl (C=O) groups is 1. The van der Waals surface area contributed by atoms with Crippen LogP contribution in [-0.2, 0) is 12.3 Å². The summed E-state index contributed by atoms with van der Waals surface area (Å²) in [4.78, 5) is 12.4. The van der Waals surface area contributed by atoms with E-state index in [1.54, 1.807) is 23.9 Å². The monoisotopic (exact) mass is 446 g/mol. The van der Waals surface area contributed by atoms with Gasteiger partial charge in [-0.3, -0.25) is 9.36 Å². The number of thioether (sulfide) groups is 1. The molecule has 7 heteroatoms. The first kappa shape index (κ1) is 21.8. The van der Waals surface area contributed by atoms with E-state index < -0.39 is 0 Å². The number of benzene rings is 3. The smallest absolute Gasteiger partial charge is 0.251 e. The van der Waals surface area contributed by atoms with Gasteiger partial charge in [0.05, 0.1) is 5.69 Å². The third kappa shape index (κ3) is 5.06. The van der Waals surface area contributed by atoms with Crippen molar-refractivity contribution in [2.24, 2.45) is 0 Å². The minimum absolute atomic E-state index is 0.163. The molecular weight excluding hydrogens is 423 g/mol. The molecule has 0 saturated heterocycles. The Morgan fingerprint density at radius 3 is 2.34 bits per heavy atom. The molecule has 3 aromatic carbocycles. The van der Waals surface area contributed by atoms with Gasteiger partial charge in [0.1, 0.15) is 11.6 Å². The Morgan fingerprint density at radius 2 is 1.62 bits per heavy atom. The highest BCUT2D eigenvalue weighted by Crippen LogP contribution is 2.26. The lowest BCUT2D eigenvalue weighted by Crippen LogP contribution is -2.22. The summed E-state index contributed by atoms with van der Waals surface area (Å²) < 4.78 is 15.1. The molecule has 0 aliphatic rings. The van der Waals surface area contributed by atoms with Crippen LogP contribution in [0.4, 0.5) is 4.39 Å². The molecule has 5 nitrogen and oxygen atoms in total. The summed E-state index contributed by atoms with van der Waals surface area (Å²) in [6.45, 7) is 4.37. The number of hydrogen-bond acceptors (Lipinski definition) is 4. The van der Waals surface area contributed by atoms with E-state index >= 15 is 0 Å². The van der Waals surface area contributed by atoms with Gasteiger partial charge in [-0.1, -0.05) is 54.2 Å². The Balaban J connectivity index is 1.38. The molecule has 0 unspecified atom stereocenters. The highest BCUT2D eigenvalue weighted by molar-refractivity contribution is 7.98. The molecule has 0 saturated carbocycles. The normalized spacial score (nSPS) is 10.8. The number of aryl methyl sites for hydroxylation is 2. The molecule has 1 amide bonds. The molecule has 0 aliphatic carbocycles. The van der Waals surface area contributed by atoms with Crippen molar-refractivity contribution in [2.45, 2.75) is 31.3 Å². The molecule has 1 aromatic heterocycles. The lowest BCUT2D eigenvalue weighted by molar-refractivity contribution is 0.0951. The van der Waals surface area contributed by atoms with Gasteiger partial charge in [-0.15, -0.1) is 10.2 Å². The highest BCUT2D eigenvalue weighted by Gasteiger charge is 2.13. The maximum absolute atomic E-state index is 13.0. The first-order chi connectivity index (χ1) is 15.5. The lowest BCUT2D eigenvalue weighted by Gasteiger charge is -2.11. The van der Waals surface area contributed by atoms with Gasteiger partial charge < -0.3 is 5.32 Å². The number of nitrogens with one attached hydrogen (secondary N) is 1. The fraction of sp³-hybridized carbons (Fsp3) is 0.160. The van der Waals surface area contributed by atoms with Gasteiger partial charge in [0.2, 0.25) is 0 Å². The average molecular weight is 447 g/mol. The van der Waals surface area contributed by atoms with Crippen LogP contribution in [0.25, 0.3) is 5.69 Å². The Labute approximate surface area is 190 Å². The van der Waals surface area contributed by atoms with Crippen molar-refractivity contribution < 1.29 is 9.18 Å². The van der Waals surface area contributed by atoms with Gasteiger partial charge in [0, 0.05) is 17.9 Å². The zero-order chi connectivity index (χ0) is 22.5. The maximum atomic E-state index is 13.0. The number of halogens is 1. The molecule has 0 bridgehead atoms. The molecule has 0 radical (unpaired) electrons. The van der Waals surface area contributed by atoms with E-state index in [1.165, 1.54) is 12.1 Å². The van der Waals surface area contributed by atoms with Crippen LogP contribution in [0.1, 0.15) is 32.9 Å². The van der Waals surface area contributed by atoms with E-state index in [0.717, 1.165) is 33.4 Å². The second-order valence-corrected chi connectivity index (χ2v) is 8.39. The molecule has 162 valence electrons. The van der Waals surface area contributed by atoms with Crippen LogP contribution in [0.3, 0.4) is 0 Å². The summed E-state index contributed by atoms with van der Waals surface area (Å²) in [5, 5.41) is 12.3. The predicted molar refractivity (Wildman–Crippen MR) is 124 cm³/mol. The van der Waals surface area contributed by atoms with Gasteiger partial charge >= 0.3 is 0 Å². The number of nitrogens with zero attached hydrogens (tertiary/aromatic N) is 3. The summed E-state index contributed by atoms with van der Waals surface area (Å²) in [5.74, 6) is 1.10. The predicted octanol–water partition coefficient (Wildman–Crippen LogP) is 5.25. The number of amides is 1. The minimum atomic E-state index is -0.291. The van der Waals surface area contributed by atoms with Gasteiger partial charge in [0.25, 0.3) is 5.91 Å². The fourth-order valence-corrected chi connectivity index (χ4v) is 4.26. The van der Waals surface area contributed by atoms with Crippen LogP contribution in [0.5, 0.6) is 0 Å². The number of para-hydroxylation sites is 1. The largest absolute Gasteiger partial charge is 0.348 e. The van der Waals surface area contributed by atoms with E-state index in [-0.39, 0.29) is 11.7 Å². The van der Waals surface area contributed by atoms with Crippen molar-refractivity contribution in [3.05, 3.63) is 107 Å². The first-order valence-corrected chi connectivity index (χ1v) is 11.2. The number of aromatic nitrogens is 3. The molecule has 4 rings (SSSR count). The minimum Gasteiger partial charge on any atom is -0.348 e. The summed E-state index contributed by atoms with van der Waals surface area (Å²) >= 11 is 1.61. The molecule has 0 spiro atoms. The van der Waals surface area contributed by atoms with Crippen molar-refractivity contribution in [1.29, 1.82) is 0 Å². The molecule has 0 fully saturated rings. The first-order valence-electron chi connectivity index (χ1n) is 10.2. The third-order valence-corrected chi connectivity index (χ3v) is 6.10. The molecule has 0 atom stereocenters. The molecule has 4 aromatic rings. The summed E-state index contributed by atoms with van der Waals surface area (Å²) in [6.07, 6.45) is 0. The fourth-order valence-electron chi connectivity index (χ4n) is 3.31. The zero-order valence-corrected chi connectivity index (χ0v) is 18.7. The SMILES string of the molecule is Cc1ccccc1-n1c(C)nnc1SCc1ccc(C(=O)NCc2ccc(F)cc2)cc1. The van der Waals surface area contributed by atoms with E-state index in [2.05, 4.69) is 39.1 Å². The van der Waals surface area contributed by atoms with E-state index in [1.807, 2.05) is 43.3 Å². The van der Waals surface area contributed by atoms with Crippen molar-refractivity contribution >= 4 is 17.7 Å². The number of rotatable bonds is 7. The topological polar surface area (TPSA) is 59.8 Å². The average Bonchev–Trinajstić information content (AvgIpc) is 3.18. The van der Waals surface area contributed by atoms with E-state index in [0.29, 0.717) is 17.9 Å². The Bertz CT molecular complexity index is 1220. The quantitative estimate of drug-likeness (QED) is 0.394. The second kappa shape index (κ2) is 9.78. The van der Waals surface area contributed by atoms with Crippen molar-refractivity contribution in [2.75, 3.05) is 0 Å². The Hall–Kier alpha value is -3.45. The van der Waals surface area contributed by atoms with Crippen LogP contribution in [0.2, 0.25) is 0 Å². The lowest BCUT2D eigenvalue weighted by atomic mass is 10.1. The van der Waals surface area contributed by atoms with Crippen LogP contribution in [0.15, 0.2) is 78.0 Å². The Kier molecular flexibility index (Phi) is 6.66. The van der Waals surface area contributed by atoms with Crippen LogP contribution in [-0.4, -0.2) is 20.7 Å². The number of hydrogen-bond donors (Lipinski definition) is 1. The molecule has 1 heterocycles. The van der Waals surface area contributed by atoms with Gasteiger partial charge in [-0.25, -0.2) is 4.39 Å². The second-order valence-electron chi connectivity index (χ2n) is 7.45. The molecule has 32 heavy (non-hydrogen) atoms. The molecule has 0 aliphatic heterocycles. The van der Waals surface area contributed by atoms with Crippen LogP contribution in [0, 0.1) is 19.7 Å². The highest BCUT2D eigenvalue weighted by atomic mass is 32.2. The standard InChI is InChI=1S/C25H23FN4OS/c1-17-5-3-4-6-23(17)30-18(2)28-29-25(30)32-16-20-7-11-21(12-8-20)24(31)27-15-19-9-13-22(26)14-10-19/h3-14H,15-16H2,1-2H3,(H,27,31). The number of carbonyl (C=O) groups excluding carboxylic acids is 1. The Morgan fingerprint density at radius 1 is 0.938 bits per heavy atom. The van der Waals surface area contributed by atoms with Gasteiger partial charge in [0.15, 0.2) is 5.16 Å². The maximum Gasteiger partial charge on any atom is 0.251 e. The van der Waals surface area contributed by atoms with Crippen LogP contribution < -0.4 is 5.32 Å². The van der Waals surface area contributed by atoms with E-state index in [4.69, 9.17) is 0 Å². The summed E-state index contributed by atoms with van der Waals surface area (Å²) in [7, 11) is 0. The summed E-state index contributed by atoms with van der Waals surface area (Å²) in [6, 6.07) is 21.8. The molecule has 1 N–H and O–H groups in total. The third-order valence-electron chi connectivity index (χ3n) is 5.10. The van der Waals surface area contributed by atoms with Crippen LogP contribution >= 0.6 is 11.8 Å².